The summed E-state index contributed by atoms with van der Waals surface area (Å²) >= 11 is 25.8. The van der Waals surface area contributed by atoms with Crippen molar-refractivity contribution in [2.75, 3.05) is 14.2 Å². The molecule has 1 spiro atoms. The van der Waals surface area contributed by atoms with E-state index in [9.17, 15) is 24.9 Å². The summed E-state index contributed by atoms with van der Waals surface area (Å²) in [4.78, 5) is 25.2. The number of rotatable bonds is 3. The average Bonchev–Trinajstić information content (AvgIpc) is 3.15. The minimum absolute atomic E-state index is 0.00562. The Morgan fingerprint density at radius 1 is 0.889 bits per heavy atom. The highest BCUT2D eigenvalue weighted by Crippen LogP contribution is 2.64. The number of hydrogen-bond donors (Lipinski definition) is 3. The van der Waals surface area contributed by atoms with Crippen LogP contribution in [0.4, 0.5) is 0 Å². The summed E-state index contributed by atoms with van der Waals surface area (Å²) < 4.78 is 22.3. The number of hydrogen-bond acceptors (Lipinski definition) is 8. The lowest BCUT2D eigenvalue weighted by molar-refractivity contribution is 0.0223. The molecular formula is C23H12Cl4O9. The molecular weight excluding hydrogens is 562 g/mol. The predicted octanol–water partition coefficient (Wildman–Crippen LogP) is 5.99. The van der Waals surface area contributed by atoms with E-state index < -0.39 is 34.6 Å². The molecule has 2 aliphatic rings. The molecule has 0 saturated carbocycles. The second-order valence-electron chi connectivity index (χ2n) is 7.68. The molecule has 2 aliphatic heterocycles. The minimum atomic E-state index is -2.06. The van der Waals surface area contributed by atoms with Crippen molar-refractivity contribution in [2.45, 2.75) is 5.60 Å². The van der Waals surface area contributed by atoms with E-state index in [0.29, 0.717) is 0 Å². The van der Waals surface area contributed by atoms with Gasteiger partial charge in [-0.3, -0.25) is 0 Å². The fraction of sp³-hybridized carbons (Fsp3) is 0.130. The zero-order chi connectivity index (χ0) is 26.3. The number of aromatic hydroxyl groups is 2. The van der Waals surface area contributed by atoms with Gasteiger partial charge in [0, 0.05) is 5.56 Å². The summed E-state index contributed by atoms with van der Waals surface area (Å²) in [5.41, 5.74) is -2.82. The molecule has 0 unspecified atom stereocenters. The number of carbonyl (C=O) groups excluding carboxylic acids is 1. The second kappa shape index (κ2) is 8.14. The van der Waals surface area contributed by atoms with E-state index >= 15 is 0 Å². The largest absolute Gasteiger partial charge is 0.503 e. The summed E-state index contributed by atoms with van der Waals surface area (Å²) in [6, 6.07) is 3.60. The van der Waals surface area contributed by atoms with Crippen LogP contribution in [0, 0.1) is 0 Å². The van der Waals surface area contributed by atoms with Crippen LogP contribution in [0.1, 0.15) is 37.4 Å². The van der Waals surface area contributed by atoms with E-state index in [4.69, 9.17) is 65.4 Å². The van der Waals surface area contributed by atoms with Gasteiger partial charge < -0.3 is 34.3 Å². The SMILES string of the molecule is COc1cc2c(c(Cl)c1O)Oc1c(cc(OC)c(O)c1Cl)C21OC(=O)c2c(Cl)cc(C(=O)O)c(Cl)c21. The first kappa shape index (κ1) is 24.5. The number of esters is 1. The molecule has 3 N–H and O–H groups in total. The Kier molecular flexibility index (Phi) is 5.53. The van der Waals surface area contributed by atoms with E-state index in [1.165, 1.54) is 26.4 Å². The molecule has 0 aromatic heterocycles. The van der Waals surface area contributed by atoms with Crippen molar-refractivity contribution in [2.24, 2.45) is 0 Å². The normalized spacial score (nSPS) is 14.4. The van der Waals surface area contributed by atoms with Crippen molar-refractivity contribution in [3.8, 4) is 34.5 Å². The molecule has 2 heterocycles. The number of methoxy groups -OCH3 is 2. The highest BCUT2D eigenvalue weighted by atomic mass is 35.5. The van der Waals surface area contributed by atoms with Gasteiger partial charge in [-0.15, -0.1) is 0 Å². The van der Waals surface area contributed by atoms with Crippen molar-refractivity contribution in [1.29, 1.82) is 0 Å². The summed E-state index contributed by atoms with van der Waals surface area (Å²) in [5.74, 6) is -4.05. The number of ether oxygens (including phenoxy) is 4. The number of benzene rings is 3. The maximum atomic E-state index is 13.2. The maximum Gasteiger partial charge on any atom is 0.341 e. The van der Waals surface area contributed by atoms with E-state index in [-0.39, 0.29) is 65.3 Å². The second-order valence-corrected chi connectivity index (χ2v) is 9.23. The van der Waals surface area contributed by atoms with Crippen LogP contribution < -0.4 is 14.2 Å². The van der Waals surface area contributed by atoms with Gasteiger partial charge in [-0.25, -0.2) is 9.59 Å². The molecule has 0 amide bonds. The minimum Gasteiger partial charge on any atom is -0.503 e. The van der Waals surface area contributed by atoms with Crippen molar-refractivity contribution in [1.82, 2.24) is 0 Å². The lowest BCUT2D eigenvalue weighted by Gasteiger charge is -2.38. The Morgan fingerprint density at radius 3 is 1.83 bits per heavy atom. The Labute approximate surface area is 222 Å². The van der Waals surface area contributed by atoms with Crippen molar-refractivity contribution >= 4 is 58.3 Å². The quantitative estimate of drug-likeness (QED) is 0.323. The van der Waals surface area contributed by atoms with E-state index in [0.717, 1.165) is 6.07 Å². The van der Waals surface area contributed by atoms with Gasteiger partial charge in [-0.1, -0.05) is 46.4 Å². The van der Waals surface area contributed by atoms with Gasteiger partial charge in [0.15, 0.2) is 40.1 Å². The zero-order valence-corrected chi connectivity index (χ0v) is 21.1. The number of halogens is 4. The fourth-order valence-electron chi connectivity index (χ4n) is 4.41. The molecule has 36 heavy (non-hydrogen) atoms. The summed E-state index contributed by atoms with van der Waals surface area (Å²) in [7, 11) is 2.53. The number of aromatic carboxylic acids is 1. The van der Waals surface area contributed by atoms with Gasteiger partial charge in [-0.2, -0.15) is 0 Å². The van der Waals surface area contributed by atoms with Crippen LogP contribution >= 0.6 is 46.4 Å². The van der Waals surface area contributed by atoms with Crippen LogP contribution in [-0.4, -0.2) is 41.5 Å². The standard InChI is InChI=1S/C23H12Cl4O9/c1-33-10-4-7-19(15(26)17(10)28)35-20-8(5-11(34-2)18(29)16(20)27)23(7)13-12(22(32)36-23)9(24)3-6(14(13)25)21(30)31/h3-5,28-29H,1-2H3,(H,30,31). The van der Waals surface area contributed by atoms with Crippen LogP contribution in [0.5, 0.6) is 34.5 Å². The van der Waals surface area contributed by atoms with Crippen molar-refractivity contribution in [3.63, 3.8) is 0 Å². The highest BCUT2D eigenvalue weighted by Gasteiger charge is 2.58. The molecule has 9 nitrogen and oxygen atoms in total. The number of carboxylic acids is 1. The Balaban J connectivity index is 2.05. The van der Waals surface area contributed by atoms with Crippen LogP contribution in [0.25, 0.3) is 0 Å². The molecule has 3 aromatic rings. The van der Waals surface area contributed by atoms with Gasteiger partial charge in [0.25, 0.3) is 0 Å². The topological polar surface area (TPSA) is 132 Å². The maximum absolute atomic E-state index is 13.2. The smallest absolute Gasteiger partial charge is 0.341 e. The predicted molar refractivity (Wildman–Crippen MR) is 128 cm³/mol. The molecule has 0 fully saturated rings. The summed E-state index contributed by atoms with van der Waals surface area (Å²) in [6.45, 7) is 0. The monoisotopic (exact) mass is 572 g/mol. The molecule has 13 heteroatoms. The molecule has 5 rings (SSSR count). The van der Waals surface area contributed by atoms with Crippen LogP contribution in [0.15, 0.2) is 18.2 Å². The Bertz CT molecular complexity index is 1470. The highest BCUT2D eigenvalue weighted by molar-refractivity contribution is 6.39. The van der Waals surface area contributed by atoms with Crippen LogP contribution in [0.2, 0.25) is 20.1 Å². The first-order valence-electron chi connectivity index (χ1n) is 9.86. The third kappa shape index (κ3) is 2.97. The molecule has 186 valence electrons. The van der Waals surface area contributed by atoms with Crippen molar-refractivity contribution in [3.05, 3.63) is 66.1 Å². The average molecular weight is 574 g/mol. The van der Waals surface area contributed by atoms with E-state index in [2.05, 4.69) is 0 Å². The van der Waals surface area contributed by atoms with Gasteiger partial charge >= 0.3 is 11.9 Å². The summed E-state index contributed by atoms with van der Waals surface area (Å²) in [5, 5.41) is 29.5. The van der Waals surface area contributed by atoms with E-state index in [1.807, 2.05) is 0 Å². The number of carboxylic acid groups (broad SMARTS) is 1. The third-order valence-electron chi connectivity index (χ3n) is 5.97. The van der Waals surface area contributed by atoms with Gasteiger partial charge in [0.05, 0.1) is 46.5 Å². The zero-order valence-electron chi connectivity index (χ0n) is 18.0. The van der Waals surface area contributed by atoms with Gasteiger partial charge in [0.2, 0.25) is 0 Å². The van der Waals surface area contributed by atoms with Crippen LogP contribution in [-0.2, 0) is 10.3 Å². The molecule has 3 aromatic carbocycles. The van der Waals surface area contributed by atoms with Crippen LogP contribution in [0.3, 0.4) is 0 Å². The first-order chi connectivity index (χ1) is 17.0. The van der Waals surface area contributed by atoms with Gasteiger partial charge in [-0.05, 0) is 18.2 Å². The van der Waals surface area contributed by atoms with Gasteiger partial charge in [0.1, 0.15) is 10.0 Å². The number of phenols is 2. The number of phenolic OH excluding ortho intramolecular Hbond substituents is 2. The fourth-order valence-corrected chi connectivity index (χ4v) is 5.52. The van der Waals surface area contributed by atoms with E-state index in [1.54, 1.807) is 0 Å². The first-order valence-corrected chi connectivity index (χ1v) is 11.4. The number of carbonyl (C=O) groups is 2. The Morgan fingerprint density at radius 2 is 1.39 bits per heavy atom. The molecule has 0 saturated heterocycles. The molecule has 0 atom stereocenters. The third-order valence-corrected chi connectivity index (χ3v) is 7.36. The Hall–Kier alpha value is -3.24. The summed E-state index contributed by atoms with van der Waals surface area (Å²) in [6.07, 6.45) is 0. The molecule has 0 bridgehead atoms. The lowest BCUT2D eigenvalue weighted by Crippen LogP contribution is -2.34. The van der Waals surface area contributed by atoms with Crippen molar-refractivity contribution < 1.29 is 43.9 Å². The number of fused-ring (bicyclic) bond motifs is 6. The molecule has 0 aliphatic carbocycles. The molecule has 0 radical (unpaired) electrons. The lowest BCUT2D eigenvalue weighted by atomic mass is 9.76.